The number of imide groups is 1. The summed E-state index contributed by atoms with van der Waals surface area (Å²) in [6, 6.07) is 12.4. The Morgan fingerprint density at radius 3 is 1.68 bits per heavy atom. The molecule has 3 aromatic carbocycles. The van der Waals surface area contributed by atoms with Crippen molar-refractivity contribution in [2.75, 3.05) is 19.8 Å². The summed E-state index contributed by atoms with van der Waals surface area (Å²) < 4.78 is 11.9. The summed E-state index contributed by atoms with van der Waals surface area (Å²) in [6.07, 6.45) is 4.78. The highest BCUT2D eigenvalue weighted by Crippen LogP contribution is 2.51. The number of amides is 2. The van der Waals surface area contributed by atoms with Crippen LogP contribution in [0.15, 0.2) is 36.4 Å². The van der Waals surface area contributed by atoms with Crippen LogP contribution in [0.25, 0.3) is 22.3 Å². The van der Waals surface area contributed by atoms with E-state index in [-0.39, 0.29) is 31.2 Å². The fourth-order valence-electron chi connectivity index (χ4n) is 6.55. The number of rotatable bonds is 10. The van der Waals surface area contributed by atoms with Crippen molar-refractivity contribution >= 4 is 17.8 Å². The Labute approximate surface area is 240 Å². The molecule has 1 N–H and O–H groups in total. The zero-order chi connectivity index (χ0) is 28.7. The standard InChI is InChI=1S/C34H35NO6/c1-3-16-40-22-9-13-24-20(18-22)7-11-26-29(24)30-25-14-10-23(41-17-4-2)19-21(25)8-12-27(30)32-31(26)33(38)35(34(32)39)15-5-6-28(36)37/h9-10,13-14,18-19H,3-8,11-12,15-17H2,1-2H3,(H,36,37). The minimum atomic E-state index is -0.936. The molecule has 0 aromatic heterocycles. The van der Waals surface area contributed by atoms with Gasteiger partial charge in [-0.15, -0.1) is 0 Å². The van der Waals surface area contributed by atoms with E-state index in [4.69, 9.17) is 14.6 Å². The van der Waals surface area contributed by atoms with Crippen molar-refractivity contribution in [3.05, 3.63) is 69.8 Å². The van der Waals surface area contributed by atoms with Gasteiger partial charge < -0.3 is 14.6 Å². The van der Waals surface area contributed by atoms with Crippen LogP contribution in [0.2, 0.25) is 0 Å². The van der Waals surface area contributed by atoms with Gasteiger partial charge in [-0.05, 0) is 114 Å². The van der Waals surface area contributed by atoms with E-state index >= 15 is 0 Å². The summed E-state index contributed by atoms with van der Waals surface area (Å²) in [5.41, 5.74) is 9.48. The van der Waals surface area contributed by atoms with Crippen molar-refractivity contribution in [3.63, 3.8) is 0 Å². The highest BCUT2D eigenvalue weighted by molar-refractivity contribution is 6.25. The largest absolute Gasteiger partial charge is 0.494 e. The highest BCUT2D eigenvalue weighted by Gasteiger charge is 2.43. The van der Waals surface area contributed by atoms with Crippen molar-refractivity contribution in [1.82, 2.24) is 4.90 Å². The first-order valence-corrected chi connectivity index (χ1v) is 14.7. The molecular weight excluding hydrogens is 518 g/mol. The maximum atomic E-state index is 13.8. The number of carbonyl (C=O) groups is 3. The van der Waals surface area contributed by atoms with Gasteiger partial charge in [0.2, 0.25) is 0 Å². The van der Waals surface area contributed by atoms with Gasteiger partial charge in [0.1, 0.15) is 11.5 Å². The average Bonchev–Trinajstić information content (AvgIpc) is 3.23. The molecule has 0 saturated carbocycles. The lowest BCUT2D eigenvalue weighted by atomic mass is 9.72. The molecule has 6 rings (SSSR count). The maximum Gasteiger partial charge on any atom is 0.303 e. The van der Waals surface area contributed by atoms with Crippen LogP contribution in [0.4, 0.5) is 0 Å². The van der Waals surface area contributed by atoms with Gasteiger partial charge in [0.05, 0.1) is 24.3 Å². The van der Waals surface area contributed by atoms with Gasteiger partial charge in [-0.3, -0.25) is 19.3 Å². The van der Waals surface area contributed by atoms with E-state index in [9.17, 15) is 14.4 Å². The number of ether oxygens (including phenoxy) is 2. The topological polar surface area (TPSA) is 93.1 Å². The molecule has 7 nitrogen and oxygen atoms in total. The van der Waals surface area contributed by atoms with Gasteiger partial charge in [-0.25, -0.2) is 0 Å². The molecule has 212 valence electrons. The Kier molecular flexibility index (Phi) is 7.28. The van der Waals surface area contributed by atoms with Crippen LogP contribution in [-0.2, 0) is 30.5 Å². The molecule has 2 amide bonds. The third-order valence-electron chi connectivity index (χ3n) is 8.32. The number of benzene rings is 3. The van der Waals surface area contributed by atoms with Gasteiger partial charge in [0, 0.05) is 13.0 Å². The van der Waals surface area contributed by atoms with E-state index in [1.54, 1.807) is 0 Å². The van der Waals surface area contributed by atoms with Gasteiger partial charge in [0.25, 0.3) is 11.8 Å². The number of fused-ring (bicyclic) bond motifs is 10. The SMILES string of the molecule is CCCOc1ccc2c(c1)CCc1c3c(c4c(c1-2)-c1ccc(OCCC)cc1CC4)C(=O)N(CCCC(=O)O)C3=O. The van der Waals surface area contributed by atoms with E-state index < -0.39 is 5.97 Å². The predicted molar refractivity (Wildman–Crippen MR) is 156 cm³/mol. The fraction of sp³-hybridized carbons (Fsp3) is 0.382. The summed E-state index contributed by atoms with van der Waals surface area (Å²) in [4.78, 5) is 40.1. The lowest BCUT2D eigenvalue weighted by Crippen LogP contribution is -2.31. The number of aryl methyl sites for hydroxylation is 2. The molecule has 2 aliphatic carbocycles. The number of carbonyl (C=O) groups excluding carboxylic acids is 2. The van der Waals surface area contributed by atoms with E-state index in [2.05, 4.69) is 38.1 Å². The molecule has 41 heavy (non-hydrogen) atoms. The Morgan fingerprint density at radius 1 is 0.756 bits per heavy atom. The number of hydrogen-bond acceptors (Lipinski definition) is 5. The molecule has 0 unspecified atom stereocenters. The van der Waals surface area contributed by atoms with Crippen molar-refractivity contribution < 1.29 is 29.0 Å². The maximum absolute atomic E-state index is 13.8. The first-order valence-electron chi connectivity index (χ1n) is 14.7. The molecule has 3 aliphatic rings. The summed E-state index contributed by atoms with van der Waals surface area (Å²) >= 11 is 0. The monoisotopic (exact) mass is 553 g/mol. The van der Waals surface area contributed by atoms with E-state index in [1.807, 2.05) is 12.1 Å². The lowest BCUT2D eigenvalue weighted by molar-refractivity contribution is -0.137. The first-order chi connectivity index (χ1) is 19.9. The normalized spacial score (nSPS) is 14.6. The number of hydrogen-bond donors (Lipinski definition) is 1. The molecule has 3 aromatic rings. The van der Waals surface area contributed by atoms with Crippen LogP contribution < -0.4 is 9.47 Å². The third-order valence-corrected chi connectivity index (χ3v) is 8.32. The number of carboxylic acid groups (broad SMARTS) is 1. The second-order valence-electron chi connectivity index (χ2n) is 11.1. The summed E-state index contributed by atoms with van der Waals surface area (Å²) in [7, 11) is 0. The number of carboxylic acids is 1. The van der Waals surface area contributed by atoms with Gasteiger partial charge >= 0.3 is 5.97 Å². The molecular formula is C34H35NO6. The molecule has 0 saturated heterocycles. The number of nitrogens with zero attached hydrogens (tertiary/aromatic N) is 1. The fourth-order valence-corrected chi connectivity index (χ4v) is 6.55. The molecule has 1 aliphatic heterocycles. The molecule has 0 bridgehead atoms. The molecule has 0 spiro atoms. The summed E-state index contributed by atoms with van der Waals surface area (Å²) in [6.45, 7) is 5.58. The third kappa shape index (κ3) is 4.67. The van der Waals surface area contributed by atoms with Crippen LogP contribution in [0.1, 0.15) is 82.5 Å². The Morgan fingerprint density at radius 2 is 1.24 bits per heavy atom. The summed E-state index contributed by atoms with van der Waals surface area (Å²) in [5.74, 6) is 0.162. The first kappa shape index (κ1) is 27.1. The van der Waals surface area contributed by atoms with Crippen molar-refractivity contribution in [2.24, 2.45) is 0 Å². The summed E-state index contributed by atoms with van der Waals surface area (Å²) in [5, 5.41) is 9.12. The Bertz CT molecular complexity index is 1470. The van der Waals surface area contributed by atoms with Crippen molar-refractivity contribution in [1.29, 1.82) is 0 Å². The van der Waals surface area contributed by atoms with Crippen LogP contribution in [0.3, 0.4) is 0 Å². The zero-order valence-electron chi connectivity index (χ0n) is 23.7. The van der Waals surface area contributed by atoms with Gasteiger partial charge in [0.15, 0.2) is 0 Å². The van der Waals surface area contributed by atoms with Crippen LogP contribution in [-0.4, -0.2) is 47.5 Å². The smallest absolute Gasteiger partial charge is 0.303 e. The Hall–Kier alpha value is -4.13. The number of aliphatic carboxylic acids is 1. The Balaban J connectivity index is 1.54. The highest BCUT2D eigenvalue weighted by atomic mass is 16.5. The molecule has 1 heterocycles. The van der Waals surface area contributed by atoms with Crippen molar-refractivity contribution in [3.8, 4) is 33.8 Å². The van der Waals surface area contributed by atoms with Crippen molar-refractivity contribution in [2.45, 2.75) is 65.2 Å². The minimum Gasteiger partial charge on any atom is -0.494 e. The molecule has 0 fully saturated rings. The molecule has 0 atom stereocenters. The van der Waals surface area contributed by atoms with Gasteiger partial charge in [-0.2, -0.15) is 0 Å². The second-order valence-corrected chi connectivity index (χ2v) is 11.1. The molecule has 0 radical (unpaired) electrons. The predicted octanol–water partition coefficient (Wildman–Crippen LogP) is 6.26. The average molecular weight is 554 g/mol. The minimum absolute atomic E-state index is 0.0881. The quantitative estimate of drug-likeness (QED) is 0.298. The zero-order valence-corrected chi connectivity index (χ0v) is 23.7. The van der Waals surface area contributed by atoms with Gasteiger partial charge in [-0.1, -0.05) is 26.0 Å². The van der Waals surface area contributed by atoms with E-state index in [1.165, 1.54) is 16.0 Å². The van der Waals surface area contributed by atoms with E-state index in [0.29, 0.717) is 37.2 Å². The molecule has 7 heteroatoms. The van der Waals surface area contributed by atoms with Crippen LogP contribution in [0, 0.1) is 0 Å². The van der Waals surface area contributed by atoms with Crippen LogP contribution >= 0.6 is 0 Å². The van der Waals surface area contributed by atoms with E-state index in [0.717, 1.165) is 70.6 Å². The second kappa shape index (κ2) is 11.0. The van der Waals surface area contributed by atoms with Crippen LogP contribution in [0.5, 0.6) is 11.5 Å². The lowest BCUT2D eigenvalue weighted by Gasteiger charge is -2.31.